The molecular weight excluding hydrogens is 278 g/mol. The first kappa shape index (κ1) is 14.6. The molecule has 1 heterocycles. The van der Waals surface area contributed by atoms with Gasteiger partial charge < -0.3 is 10.0 Å². The number of piperazine rings is 1. The molecule has 0 aliphatic carbocycles. The van der Waals surface area contributed by atoms with Gasteiger partial charge in [0.15, 0.2) is 0 Å². The molecule has 0 saturated carbocycles. The van der Waals surface area contributed by atoms with E-state index in [-0.39, 0.29) is 6.42 Å². The summed E-state index contributed by atoms with van der Waals surface area (Å²) in [5, 5.41) is 18.0. The van der Waals surface area contributed by atoms with E-state index < -0.39 is 5.97 Å². The van der Waals surface area contributed by atoms with Gasteiger partial charge in [-0.2, -0.15) is 5.26 Å². The van der Waals surface area contributed by atoms with E-state index in [2.05, 4.69) is 9.80 Å². The number of nitrogens with zero attached hydrogens (tertiary/aromatic N) is 3. The maximum Gasteiger partial charge on any atom is 0.304 e. The first-order valence-corrected chi connectivity index (χ1v) is 6.86. The van der Waals surface area contributed by atoms with Crippen molar-refractivity contribution in [2.75, 3.05) is 37.6 Å². The van der Waals surface area contributed by atoms with Crippen LogP contribution < -0.4 is 4.90 Å². The van der Waals surface area contributed by atoms with E-state index in [4.69, 9.17) is 22.0 Å². The van der Waals surface area contributed by atoms with Crippen LogP contribution in [0.4, 0.5) is 5.69 Å². The Labute approximate surface area is 123 Å². The second-order valence-electron chi connectivity index (χ2n) is 4.75. The lowest BCUT2D eigenvalue weighted by molar-refractivity contribution is -0.137. The fourth-order valence-electron chi connectivity index (χ4n) is 2.27. The first-order chi connectivity index (χ1) is 9.60. The number of hydrogen-bond acceptors (Lipinski definition) is 4. The minimum atomic E-state index is -0.758. The van der Waals surface area contributed by atoms with Gasteiger partial charge >= 0.3 is 5.97 Å². The van der Waals surface area contributed by atoms with Gasteiger partial charge in [-0.25, -0.2) is 0 Å². The van der Waals surface area contributed by atoms with E-state index in [1.165, 1.54) is 0 Å². The molecule has 0 unspecified atom stereocenters. The topological polar surface area (TPSA) is 67.6 Å². The van der Waals surface area contributed by atoms with Crippen LogP contribution in [0, 0.1) is 11.3 Å². The number of anilines is 1. The molecule has 0 aromatic heterocycles. The molecule has 0 amide bonds. The number of carboxylic acids is 1. The molecule has 0 spiro atoms. The molecule has 5 nitrogen and oxygen atoms in total. The van der Waals surface area contributed by atoms with Crippen molar-refractivity contribution in [2.45, 2.75) is 6.42 Å². The summed E-state index contributed by atoms with van der Waals surface area (Å²) in [5.41, 5.74) is 1.49. The highest BCUT2D eigenvalue weighted by atomic mass is 35.5. The maximum atomic E-state index is 10.5. The molecule has 6 heteroatoms. The zero-order valence-corrected chi connectivity index (χ0v) is 11.8. The Morgan fingerprint density at radius 1 is 1.35 bits per heavy atom. The lowest BCUT2D eigenvalue weighted by atomic mass is 10.2. The van der Waals surface area contributed by atoms with Gasteiger partial charge in [0.1, 0.15) is 6.07 Å². The molecule has 2 rings (SSSR count). The summed E-state index contributed by atoms with van der Waals surface area (Å²) < 4.78 is 0. The summed E-state index contributed by atoms with van der Waals surface area (Å²) in [5.74, 6) is -0.758. The minimum Gasteiger partial charge on any atom is -0.481 e. The van der Waals surface area contributed by atoms with E-state index in [9.17, 15) is 4.79 Å². The second-order valence-corrected chi connectivity index (χ2v) is 5.16. The van der Waals surface area contributed by atoms with Gasteiger partial charge in [-0.15, -0.1) is 0 Å². The van der Waals surface area contributed by atoms with Crippen molar-refractivity contribution in [1.29, 1.82) is 5.26 Å². The van der Waals surface area contributed by atoms with Gasteiger partial charge in [-0.3, -0.25) is 9.69 Å². The molecule has 1 fully saturated rings. The van der Waals surface area contributed by atoms with Crippen molar-refractivity contribution in [3.63, 3.8) is 0 Å². The van der Waals surface area contributed by atoms with Crippen LogP contribution in [0.15, 0.2) is 18.2 Å². The molecule has 0 bridgehead atoms. The summed E-state index contributed by atoms with van der Waals surface area (Å²) in [6, 6.07) is 7.49. The molecule has 1 N–H and O–H groups in total. The normalized spacial score (nSPS) is 15.9. The number of benzene rings is 1. The number of hydrogen-bond donors (Lipinski definition) is 1. The van der Waals surface area contributed by atoms with E-state index >= 15 is 0 Å². The second kappa shape index (κ2) is 6.60. The predicted molar refractivity (Wildman–Crippen MR) is 77.1 cm³/mol. The minimum absolute atomic E-state index is 0.183. The Bertz CT molecular complexity index is 534. The maximum absolute atomic E-state index is 10.5. The van der Waals surface area contributed by atoms with Gasteiger partial charge in [-0.1, -0.05) is 11.6 Å². The highest BCUT2D eigenvalue weighted by Gasteiger charge is 2.18. The Balaban J connectivity index is 1.92. The van der Waals surface area contributed by atoms with Crippen LogP contribution in [0.5, 0.6) is 0 Å². The fourth-order valence-corrected chi connectivity index (χ4v) is 2.49. The monoisotopic (exact) mass is 293 g/mol. The average molecular weight is 294 g/mol. The Morgan fingerprint density at radius 3 is 2.60 bits per heavy atom. The number of aliphatic carboxylic acids is 1. The van der Waals surface area contributed by atoms with Crippen molar-refractivity contribution in [3.05, 3.63) is 28.8 Å². The zero-order chi connectivity index (χ0) is 14.5. The summed E-state index contributed by atoms with van der Waals surface area (Å²) in [6.07, 6.45) is 0.183. The summed E-state index contributed by atoms with van der Waals surface area (Å²) in [4.78, 5) is 14.9. The smallest absolute Gasteiger partial charge is 0.304 e. The molecule has 1 aromatic rings. The van der Waals surface area contributed by atoms with Crippen LogP contribution in [0.3, 0.4) is 0 Å². The van der Waals surface area contributed by atoms with Crippen LogP contribution in [-0.4, -0.2) is 48.7 Å². The van der Waals surface area contributed by atoms with Gasteiger partial charge in [-0.05, 0) is 18.2 Å². The average Bonchev–Trinajstić information content (AvgIpc) is 2.45. The van der Waals surface area contributed by atoms with Crippen LogP contribution in [0.25, 0.3) is 0 Å². The molecule has 1 saturated heterocycles. The van der Waals surface area contributed by atoms with Crippen molar-refractivity contribution < 1.29 is 9.90 Å². The first-order valence-electron chi connectivity index (χ1n) is 6.49. The zero-order valence-electron chi connectivity index (χ0n) is 11.0. The van der Waals surface area contributed by atoms with Gasteiger partial charge in [0, 0.05) is 38.4 Å². The van der Waals surface area contributed by atoms with E-state index in [1.807, 2.05) is 18.2 Å². The highest BCUT2D eigenvalue weighted by Crippen LogP contribution is 2.24. The standard InChI is InChI=1S/C14H16ClN3O2/c15-13-9-12(2-1-11(13)10-16)18-7-5-17(6-8-18)4-3-14(19)20/h1-2,9H,3-8H2,(H,19,20). The van der Waals surface area contributed by atoms with Gasteiger partial charge in [0.2, 0.25) is 0 Å². The Hall–Kier alpha value is -1.77. The summed E-state index contributed by atoms with van der Waals surface area (Å²) in [7, 11) is 0. The molecule has 1 aliphatic heterocycles. The van der Waals surface area contributed by atoms with Gasteiger partial charge in [0.25, 0.3) is 0 Å². The molecule has 1 aromatic carbocycles. The third kappa shape index (κ3) is 3.62. The molecule has 0 atom stereocenters. The van der Waals surface area contributed by atoms with Gasteiger partial charge in [0.05, 0.1) is 17.0 Å². The number of carboxylic acid groups (broad SMARTS) is 1. The summed E-state index contributed by atoms with van der Waals surface area (Å²) >= 11 is 6.04. The van der Waals surface area contributed by atoms with Crippen molar-refractivity contribution in [3.8, 4) is 6.07 Å². The lowest BCUT2D eigenvalue weighted by Crippen LogP contribution is -2.46. The van der Waals surface area contributed by atoms with Crippen molar-refractivity contribution in [1.82, 2.24) is 4.90 Å². The predicted octanol–water partition coefficient (Wildman–Crippen LogP) is 1.81. The van der Waals surface area contributed by atoms with Crippen LogP contribution >= 0.6 is 11.6 Å². The van der Waals surface area contributed by atoms with Crippen LogP contribution in [0.2, 0.25) is 5.02 Å². The molecular formula is C14H16ClN3O2. The van der Waals surface area contributed by atoms with E-state index in [1.54, 1.807) is 6.07 Å². The molecule has 0 radical (unpaired) electrons. The van der Waals surface area contributed by atoms with Crippen molar-refractivity contribution >= 4 is 23.3 Å². The highest BCUT2D eigenvalue weighted by molar-refractivity contribution is 6.32. The molecule has 106 valence electrons. The quantitative estimate of drug-likeness (QED) is 0.917. The third-order valence-electron chi connectivity index (χ3n) is 3.45. The Kier molecular flexibility index (Phi) is 4.83. The molecule has 1 aliphatic rings. The number of rotatable bonds is 4. The lowest BCUT2D eigenvalue weighted by Gasteiger charge is -2.36. The van der Waals surface area contributed by atoms with Crippen LogP contribution in [-0.2, 0) is 4.79 Å². The largest absolute Gasteiger partial charge is 0.481 e. The van der Waals surface area contributed by atoms with Crippen molar-refractivity contribution in [2.24, 2.45) is 0 Å². The van der Waals surface area contributed by atoms with Crippen LogP contribution in [0.1, 0.15) is 12.0 Å². The molecule has 20 heavy (non-hydrogen) atoms. The third-order valence-corrected chi connectivity index (χ3v) is 3.77. The SMILES string of the molecule is N#Cc1ccc(N2CCN(CCC(=O)O)CC2)cc1Cl. The number of carbonyl (C=O) groups is 1. The Morgan fingerprint density at radius 2 is 2.05 bits per heavy atom. The fraction of sp³-hybridized carbons (Fsp3) is 0.429. The van der Waals surface area contributed by atoms with E-state index in [0.29, 0.717) is 17.1 Å². The number of halogens is 1. The van der Waals surface area contributed by atoms with E-state index in [0.717, 1.165) is 31.9 Å². The summed E-state index contributed by atoms with van der Waals surface area (Å²) in [6.45, 7) is 3.94. The number of nitriles is 1.